The highest BCUT2D eigenvalue weighted by Crippen LogP contribution is 2.64. The van der Waals surface area contributed by atoms with Gasteiger partial charge in [-0.15, -0.1) is 0 Å². The SMILES string of the molecule is C=C1C[C@@]2(C)C(=CCC3C4CCC[C@@]4(C)CCC32)C=C1OC. The first-order valence-electron chi connectivity index (χ1n) is 9.12. The Morgan fingerprint density at radius 1 is 1.18 bits per heavy atom. The fourth-order valence-corrected chi connectivity index (χ4v) is 6.54. The van der Waals surface area contributed by atoms with Crippen molar-refractivity contribution in [3.63, 3.8) is 0 Å². The van der Waals surface area contributed by atoms with Gasteiger partial charge in [0.2, 0.25) is 0 Å². The molecule has 0 aromatic carbocycles. The predicted molar refractivity (Wildman–Crippen MR) is 91.3 cm³/mol. The molecular formula is C21H30O. The molecule has 0 radical (unpaired) electrons. The molecule has 0 saturated heterocycles. The van der Waals surface area contributed by atoms with Crippen LogP contribution in [0.25, 0.3) is 0 Å². The molecule has 22 heavy (non-hydrogen) atoms. The van der Waals surface area contributed by atoms with Crippen LogP contribution in [-0.4, -0.2) is 7.11 Å². The van der Waals surface area contributed by atoms with Crippen molar-refractivity contribution in [2.45, 2.75) is 58.8 Å². The molecule has 0 heterocycles. The third kappa shape index (κ3) is 1.83. The Hall–Kier alpha value is -0.980. The Morgan fingerprint density at radius 2 is 2.00 bits per heavy atom. The lowest BCUT2D eigenvalue weighted by Gasteiger charge is -2.56. The predicted octanol–water partition coefficient (Wildman–Crippen LogP) is 5.65. The van der Waals surface area contributed by atoms with Gasteiger partial charge in [0.25, 0.3) is 0 Å². The number of allylic oxidation sites excluding steroid dienone is 4. The number of rotatable bonds is 1. The van der Waals surface area contributed by atoms with Crippen LogP contribution in [0.1, 0.15) is 58.8 Å². The molecule has 4 aliphatic carbocycles. The van der Waals surface area contributed by atoms with Crippen molar-refractivity contribution in [1.82, 2.24) is 0 Å². The van der Waals surface area contributed by atoms with E-state index in [4.69, 9.17) is 4.74 Å². The quantitative estimate of drug-likeness (QED) is 0.608. The zero-order valence-corrected chi connectivity index (χ0v) is 14.5. The van der Waals surface area contributed by atoms with Gasteiger partial charge >= 0.3 is 0 Å². The molecule has 4 aliphatic rings. The van der Waals surface area contributed by atoms with E-state index in [1.165, 1.54) is 49.7 Å². The highest BCUT2D eigenvalue weighted by molar-refractivity contribution is 5.44. The second-order valence-corrected chi connectivity index (χ2v) is 8.77. The van der Waals surface area contributed by atoms with Gasteiger partial charge in [-0.1, -0.05) is 32.9 Å². The largest absolute Gasteiger partial charge is 0.496 e. The highest BCUT2D eigenvalue weighted by Gasteiger charge is 2.55. The van der Waals surface area contributed by atoms with Gasteiger partial charge in [0.1, 0.15) is 5.76 Å². The lowest BCUT2D eigenvalue weighted by Crippen LogP contribution is -2.48. The average molecular weight is 298 g/mol. The molecule has 4 rings (SSSR count). The summed E-state index contributed by atoms with van der Waals surface area (Å²) in [6.45, 7) is 9.38. The first kappa shape index (κ1) is 14.6. The topological polar surface area (TPSA) is 9.23 Å². The molecule has 0 bridgehead atoms. The first-order chi connectivity index (χ1) is 10.5. The van der Waals surface area contributed by atoms with Crippen LogP contribution in [0.5, 0.6) is 0 Å². The Balaban J connectivity index is 1.73. The summed E-state index contributed by atoms with van der Waals surface area (Å²) >= 11 is 0. The van der Waals surface area contributed by atoms with Gasteiger partial charge in [-0.05, 0) is 84.3 Å². The fourth-order valence-electron chi connectivity index (χ4n) is 6.54. The minimum Gasteiger partial charge on any atom is -0.496 e. The van der Waals surface area contributed by atoms with Crippen LogP contribution >= 0.6 is 0 Å². The summed E-state index contributed by atoms with van der Waals surface area (Å²) < 4.78 is 5.54. The summed E-state index contributed by atoms with van der Waals surface area (Å²) in [6, 6.07) is 0. The summed E-state index contributed by atoms with van der Waals surface area (Å²) in [5, 5.41) is 0. The second-order valence-electron chi connectivity index (χ2n) is 8.77. The molecule has 0 amide bonds. The van der Waals surface area contributed by atoms with Crippen LogP contribution in [0.15, 0.2) is 35.6 Å². The maximum absolute atomic E-state index is 5.54. The summed E-state index contributed by atoms with van der Waals surface area (Å²) in [5.74, 6) is 3.71. The molecule has 0 aromatic rings. The smallest absolute Gasteiger partial charge is 0.121 e. The van der Waals surface area contributed by atoms with Crippen LogP contribution < -0.4 is 0 Å². The summed E-state index contributed by atoms with van der Waals surface area (Å²) in [5.41, 5.74) is 3.66. The van der Waals surface area contributed by atoms with Gasteiger partial charge in [-0.25, -0.2) is 0 Å². The van der Waals surface area contributed by atoms with Crippen molar-refractivity contribution in [1.29, 1.82) is 0 Å². The van der Waals surface area contributed by atoms with Crippen LogP contribution in [-0.2, 0) is 4.74 Å². The molecule has 5 atom stereocenters. The van der Waals surface area contributed by atoms with E-state index in [2.05, 4.69) is 32.6 Å². The standard InChI is InChI=1S/C21H30O/c1-14-13-21(3)15(12-19(14)22-4)7-8-16-17-6-5-10-20(17,2)11-9-18(16)21/h7,12,16-18H,1,5-6,8-11,13H2,2-4H3/t16?,17?,18?,20-,21-/m0/s1. The number of hydrogen-bond donors (Lipinski definition) is 0. The van der Waals surface area contributed by atoms with E-state index in [-0.39, 0.29) is 0 Å². The number of ether oxygens (including phenoxy) is 1. The minimum absolute atomic E-state index is 0.298. The summed E-state index contributed by atoms with van der Waals surface area (Å²) in [7, 11) is 1.77. The van der Waals surface area contributed by atoms with Gasteiger partial charge < -0.3 is 4.74 Å². The van der Waals surface area contributed by atoms with Gasteiger partial charge in [0.15, 0.2) is 0 Å². The zero-order chi connectivity index (χ0) is 15.5. The van der Waals surface area contributed by atoms with E-state index in [0.29, 0.717) is 10.8 Å². The highest BCUT2D eigenvalue weighted by atomic mass is 16.5. The molecule has 0 N–H and O–H groups in total. The zero-order valence-electron chi connectivity index (χ0n) is 14.5. The van der Waals surface area contributed by atoms with Crippen molar-refractivity contribution >= 4 is 0 Å². The maximum Gasteiger partial charge on any atom is 0.121 e. The Labute approximate surface area is 135 Å². The van der Waals surface area contributed by atoms with E-state index in [1.54, 1.807) is 7.11 Å². The molecule has 2 fully saturated rings. The average Bonchev–Trinajstić information content (AvgIpc) is 2.88. The monoisotopic (exact) mass is 298 g/mol. The molecule has 3 unspecified atom stereocenters. The lowest BCUT2D eigenvalue weighted by molar-refractivity contribution is -0.0158. The van der Waals surface area contributed by atoms with Crippen LogP contribution in [0, 0.1) is 28.6 Å². The van der Waals surface area contributed by atoms with Crippen molar-refractivity contribution in [3.05, 3.63) is 35.6 Å². The fraction of sp³-hybridized carbons (Fsp3) is 0.714. The van der Waals surface area contributed by atoms with Gasteiger partial charge in [-0.2, -0.15) is 0 Å². The molecule has 1 heteroatoms. The Morgan fingerprint density at radius 3 is 2.77 bits per heavy atom. The van der Waals surface area contributed by atoms with Gasteiger partial charge in [0.05, 0.1) is 7.11 Å². The number of methoxy groups -OCH3 is 1. The van der Waals surface area contributed by atoms with E-state index in [9.17, 15) is 0 Å². The number of fused-ring (bicyclic) bond motifs is 5. The van der Waals surface area contributed by atoms with Crippen LogP contribution in [0.3, 0.4) is 0 Å². The Kier molecular flexibility index (Phi) is 3.16. The molecule has 0 aromatic heterocycles. The molecule has 2 saturated carbocycles. The molecule has 0 spiro atoms. The van der Waals surface area contributed by atoms with E-state index >= 15 is 0 Å². The Bertz CT molecular complexity index is 568. The maximum atomic E-state index is 5.54. The van der Waals surface area contributed by atoms with E-state index in [0.717, 1.165) is 29.9 Å². The van der Waals surface area contributed by atoms with Crippen molar-refractivity contribution < 1.29 is 4.74 Å². The van der Waals surface area contributed by atoms with Gasteiger partial charge in [0, 0.05) is 0 Å². The molecule has 1 nitrogen and oxygen atoms in total. The summed E-state index contributed by atoms with van der Waals surface area (Å²) in [6.07, 6.45) is 14.4. The van der Waals surface area contributed by atoms with Crippen molar-refractivity contribution in [2.75, 3.05) is 7.11 Å². The lowest BCUT2D eigenvalue weighted by atomic mass is 9.48. The van der Waals surface area contributed by atoms with E-state index in [1.807, 2.05) is 0 Å². The van der Waals surface area contributed by atoms with Gasteiger partial charge in [-0.3, -0.25) is 0 Å². The van der Waals surface area contributed by atoms with Crippen molar-refractivity contribution in [3.8, 4) is 0 Å². The molecular weight excluding hydrogens is 268 g/mol. The van der Waals surface area contributed by atoms with Crippen LogP contribution in [0.4, 0.5) is 0 Å². The van der Waals surface area contributed by atoms with E-state index < -0.39 is 0 Å². The third-order valence-electron chi connectivity index (χ3n) is 7.74. The minimum atomic E-state index is 0.298. The second kappa shape index (κ2) is 4.76. The third-order valence-corrected chi connectivity index (χ3v) is 7.74. The molecule has 120 valence electrons. The molecule has 0 aliphatic heterocycles. The van der Waals surface area contributed by atoms with Crippen LogP contribution in [0.2, 0.25) is 0 Å². The normalized spacial score (nSPS) is 47.0. The summed E-state index contributed by atoms with van der Waals surface area (Å²) in [4.78, 5) is 0. The number of hydrogen-bond acceptors (Lipinski definition) is 1. The first-order valence-corrected chi connectivity index (χ1v) is 9.12. The van der Waals surface area contributed by atoms with Crippen molar-refractivity contribution in [2.24, 2.45) is 28.6 Å².